The molecule has 0 radical (unpaired) electrons. The van der Waals surface area contributed by atoms with Crippen molar-refractivity contribution in [1.82, 2.24) is 0 Å². The van der Waals surface area contributed by atoms with Crippen LogP contribution in [0.1, 0.15) is 33.1 Å². The third kappa shape index (κ3) is 7.92. The van der Waals surface area contributed by atoms with Gasteiger partial charge in [0.2, 0.25) is 0 Å². The van der Waals surface area contributed by atoms with Gasteiger partial charge in [-0.3, -0.25) is 0 Å². The molecule has 0 aliphatic heterocycles. The van der Waals surface area contributed by atoms with Gasteiger partial charge in [0.25, 0.3) is 0 Å². The van der Waals surface area contributed by atoms with Crippen LogP contribution in [-0.2, 0) is 4.74 Å². The minimum atomic E-state index is -0.221. The second kappa shape index (κ2) is 7.03. The van der Waals surface area contributed by atoms with E-state index in [1.165, 1.54) is 6.42 Å². The summed E-state index contributed by atoms with van der Waals surface area (Å²) in [5, 5.41) is 8.83. The molecule has 2 nitrogen and oxygen atoms in total. The minimum Gasteiger partial charge on any atom is -0.393 e. The summed E-state index contributed by atoms with van der Waals surface area (Å²) in [6.07, 6.45) is 2.83. The normalized spacial score (nSPS) is 13.5. The van der Waals surface area contributed by atoms with Crippen LogP contribution in [0.25, 0.3) is 0 Å². The molecule has 1 atom stereocenters. The molecule has 0 fully saturated rings. The molecule has 0 unspecified atom stereocenters. The van der Waals surface area contributed by atoms with Gasteiger partial charge in [-0.25, -0.2) is 0 Å². The summed E-state index contributed by atoms with van der Waals surface area (Å²) in [6.45, 7) is 5.45. The van der Waals surface area contributed by atoms with Crippen LogP contribution in [0.15, 0.2) is 0 Å². The summed E-state index contributed by atoms with van der Waals surface area (Å²) in [4.78, 5) is 0. The number of hydrogen-bond acceptors (Lipinski definition) is 2. The van der Waals surface area contributed by atoms with E-state index >= 15 is 0 Å². The molecule has 0 bridgehead atoms. The molecule has 10 heavy (non-hydrogen) atoms. The summed E-state index contributed by atoms with van der Waals surface area (Å²) >= 11 is 0. The van der Waals surface area contributed by atoms with E-state index < -0.39 is 0 Å². The molecule has 0 saturated carbocycles. The van der Waals surface area contributed by atoms with E-state index in [9.17, 15) is 0 Å². The van der Waals surface area contributed by atoms with Crippen molar-refractivity contribution in [3.8, 4) is 0 Å². The van der Waals surface area contributed by atoms with Crippen LogP contribution in [-0.4, -0.2) is 24.4 Å². The second-order valence-corrected chi connectivity index (χ2v) is 2.60. The molecule has 0 amide bonds. The average Bonchev–Trinajstić information content (AvgIpc) is 1.87. The Morgan fingerprint density at radius 2 is 2.10 bits per heavy atom. The SMILES string of the molecule is CCCCOCC[C@@H](C)O. The number of hydrogen-bond donors (Lipinski definition) is 1. The van der Waals surface area contributed by atoms with Crippen molar-refractivity contribution in [2.45, 2.75) is 39.2 Å². The fourth-order valence-corrected chi connectivity index (χ4v) is 0.602. The van der Waals surface area contributed by atoms with Crippen molar-refractivity contribution in [2.75, 3.05) is 13.2 Å². The molecule has 0 aliphatic rings. The Balaban J connectivity index is 2.77. The first kappa shape index (κ1) is 9.92. The zero-order chi connectivity index (χ0) is 7.82. The quantitative estimate of drug-likeness (QED) is 0.576. The molecule has 0 aromatic carbocycles. The lowest BCUT2D eigenvalue weighted by Crippen LogP contribution is -2.05. The summed E-state index contributed by atoms with van der Waals surface area (Å²) in [6, 6.07) is 0. The maximum absolute atomic E-state index is 8.83. The van der Waals surface area contributed by atoms with Gasteiger partial charge < -0.3 is 9.84 Å². The van der Waals surface area contributed by atoms with E-state index in [1.807, 2.05) is 0 Å². The third-order valence-electron chi connectivity index (χ3n) is 1.32. The van der Waals surface area contributed by atoms with Crippen molar-refractivity contribution in [2.24, 2.45) is 0 Å². The number of ether oxygens (including phenoxy) is 1. The molecule has 1 N–H and O–H groups in total. The molecule has 0 aromatic rings. The zero-order valence-electron chi connectivity index (χ0n) is 6.97. The summed E-state index contributed by atoms with van der Waals surface area (Å²) in [7, 11) is 0. The Morgan fingerprint density at radius 1 is 1.40 bits per heavy atom. The predicted octanol–water partition coefficient (Wildman–Crippen LogP) is 1.57. The largest absolute Gasteiger partial charge is 0.393 e. The van der Waals surface area contributed by atoms with Gasteiger partial charge in [-0.2, -0.15) is 0 Å². The van der Waals surface area contributed by atoms with Crippen LogP contribution in [0.4, 0.5) is 0 Å². The maximum Gasteiger partial charge on any atom is 0.0534 e. The van der Waals surface area contributed by atoms with Crippen molar-refractivity contribution in [1.29, 1.82) is 0 Å². The standard InChI is InChI=1S/C8H18O2/c1-3-4-6-10-7-5-8(2)9/h8-9H,3-7H2,1-2H3/t8-/m1/s1. The van der Waals surface area contributed by atoms with Gasteiger partial charge in [-0.1, -0.05) is 13.3 Å². The fourth-order valence-electron chi connectivity index (χ4n) is 0.602. The first-order valence-corrected chi connectivity index (χ1v) is 4.03. The molecule has 0 spiro atoms. The number of unbranched alkanes of at least 4 members (excludes halogenated alkanes) is 1. The first-order chi connectivity index (χ1) is 4.77. The molecule has 0 rings (SSSR count). The van der Waals surface area contributed by atoms with Gasteiger partial charge in [0.05, 0.1) is 6.10 Å². The van der Waals surface area contributed by atoms with Crippen LogP contribution in [0.5, 0.6) is 0 Å². The molecular formula is C8H18O2. The highest BCUT2D eigenvalue weighted by Gasteiger charge is 1.93. The van der Waals surface area contributed by atoms with Gasteiger partial charge in [-0.15, -0.1) is 0 Å². The van der Waals surface area contributed by atoms with E-state index in [2.05, 4.69) is 6.92 Å². The smallest absolute Gasteiger partial charge is 0.0534 e. The predicted molar refractivity (Wildman–Crippen MR) is 42.0 cm³/mol. The Hall–Kier alpha value is -0.0800. The lowest BCUT2D eigenvalue weighted by atomic mass is 10.3. The van der Waals surface area contributed by atoms with Gasteiger partial charge in [0, 0.05) is 13.2 Å². The third-order valence-corrected chi connectivity index (χ3v) is 1.32. The van der Waals surface area contributed by atoms with E-state index in [0.717, 1.165) is 19.4 Å². The highest BCUT2D eigenvalue weighted by atomic mass is 16.5. The van der Waals surface area contributed by atoms with Gasteiger partial charge in [0.15, 0.2) is 0 Å². The van der Waals surface area contributed by atoms with Crippen molar-refractivity contribution < 1.29 is 9.84 Å². The average molecular weight is 146 g/mol. The second-order valence-electron chi connectivity index (χ2n) is 2.60. The highest BCUT2D eigenvalue weighted by Crippen LogP contribution is 1.92. The topological polar surface area (TPSA) is 29.5 Å². The monoisotopic (exact) mass is 146 g/mol. The minimum absolute atomic E-state index is 0.221. The van der Waals surface area contributed by atoms with Crippen LogP contribution in [0, 0.1) is 0 Å². The lowest BCUT2D eigenvalue weighted by Gasteiger charge is -2.04. The summed E-state index contributed by atoms with van der Waals surface area (Å²) < 4.78 is 5.22. The van der Waals surface area contributed by atoms with Gasteiger partial charge in [-0.05, 0) is 19.8 Å². The van der Waals surface area contributed by atoms with E-state index in [1.54, 1.807) is 6.92 Å². The van der Waals surface area contributed by atoms with E-state index in [-0.39, 0.29) is 6.10 Å². The van der Waals surface area contributed by atoms with Gasteiger partial charge >= 0.3 is 0 Å². The Morgan fingerprint density at radius 3 is 2.60 bits per heavy atom. The molecule has 0 saturated heterocycles. The molecule has 2 heteroatoms. The fraction of sp³-hybridized carbons (Fsp3) is 1.00. The number of aliphatic hydroxyl groups is 1. The van der Waals surface area contributed by atoms with Crippen molar-refractivity contribution in [3.05, 3.63) is 0 Å². The molecule has 0 aliphatic carbocycles. The zero-order valence-corrected chi connectivity index (χ0v) is 6.97. The van der Waals surface area contributed by atoms with Crippen LogP contribution in [0.2, 0.25) is 0 Å². The van der Waals surface area contributed by atoms with E-state index in [0.29, 0.717) is 6.61 Å². The Labute approximate surface area is 63.2 Å². The van der Waals surface area contributed by atoms with Crippen LogP contribution < -0.4 is 0 Å². The van der Waals surface area contributed by atoms with Crippen LogP contribution in [0.3, 0.4) is 0 Å². The maximum atomic E-state index is 8.83. The molecule has 0 aromatic heterocycles. The first-order valence-electron chi connectivity index (χ1n) is 4.03. The molecular weight excluding hydrogens is 128 g/mol. The van der Waals surface area contributed by atoms with Crippen molar-refractivity contribution >= 4 is 0 Å². The van der Waals surface area contributed by atoms with E-state index in [4.69, 9.17) is 9.84 Å². The lowest BCUT2D eigenvalue weighted by molar-refractivity contribution is 0.0877. The summed E-state index contributed by atoms with van der Waals surface area (Å²) in [5.74, 6) is 0. The number of rotatable bonds is 6. The Kier molecular flexibility index (Phi) is 6.98. The number of aliphatic hydroxyl groups excluding tert-OH is 1. The van der Waals surface area contributed by atoms with Gasteiger partial charge in [0.1, 0.15) is 0 Å². The summed E-state index contributed by atoms with van der Waals surface area (Å²) in [5.41, 5.74) is 0. The Bertz CT molecular complexity index is 62.3. The molecule has 62 valence electrons. The molecule has 0 heterocycles. The van der Waals surface area contributed by atoms with Crippen LogP contribution >= 0.6 is 0 Å². The highest BCUT2D eigenvalue weighted by molar-refractivity contribution is 4.44. The van der Waals surface area contributed by atoms with Crippen molar-refractivity contribution in [3.63, 3.8) is 0 Å².